The molecule has 0 radical (unpaired) electrons. The zero-order chi connectivity index (χ0) is 14.5. The van der Waals surface area contributed by atoms with Crippen molar-refractivity contribution < 1.29 is 9.15 Å². The molecule has 1 N–H and O–H groups in total. The van der Waals surface area contributed by atoms with E-state index in [1.54, 1.807) is 7.11 Å². The normalized spacial score (nSPS) is 10.3. The third kappa shape index (κ3) is 3.20. The molecule has 0 fully saturated rings. The molecule has 0 aliphatic heterocycles. The topological polar surface area (TPSA) is 60.2 Å². The van der Waals surface area contributed by atoms with Crippen molar-refractivity contribution in [3.05, 3.63) is 60.5 Å². The van der Waals surface area contributed by atoms with Gasteiger partial charge < -0.3 is 14.5 Å². The van der Waals surface area contributed by atoms with E-state index in [9.17, 15) is 0 Å². The lowest BCUT2D eigenvalue weighted by molar-refractivity contribution is 0.414. The van der Waals surface area contributed by atoms with E-state index in [-0.39, 0.29) is 0 Å². The van der Waals surface area contributed by atoms with Gasteiger partial charge in [-0.05, 0) is 42.0 Å². The molecule has 5 heteroatoms. The van der Waals surface area contributed by atoms with Crippen LogP contribution in [0.15, 0.2) is 59.3 Å². The van der Waals surface area contributed by atoms with Crippen LogP contribution >= 0.6 is 0 Å². The molecule has 2 aromatic carbocycles. The molecule has 3 aromatic rings. The molecule has 106 valence electrons. The molecule has 5 nitrogen and oxygen atoms in total. The number of hydrogen-bond donors (Lipinski definition) is 1. The zero-order valence-electron chi connectivity index (χ0n) is 11.6. The second-order valence-electron chi connectivity index (χ2n) is 4.53. The van der Waals surface area contributed by atoms with E-state index in [1.165, 1.54) is 6.39 Å². The average Bonchev–Trinajstić information content (AvgIpc) is 3.08. The first-order valence-electron chi connectivity index (χ1n) is 6.58. The van der Waals surface area contributed by atoms with Crippen LogP contribution in [0.25, 0.3) is 11.5 Å². The highest BCUT2D eigenvalue weighted by Crippen LogP contribution is 2.20. The minimum atomic E-state index is 0.523. The van der Waals surface area contributed by atoms with Gasteiger partial charge in [-0.15, -0.1) is 10.2 Å². The fraction of sp³-hybridized carbons (Fsp3) is 0.125. The molecule has 3 rings (SSSR count). The van der Waals surface area contributed by atoms with Crippen LogP contribution in [0, 0.1) is 0 Å². The molecule has 0 saturated heterocycles. The van der Waals surface area contributed by atoms with Gasteiger partial charge in [0, 0.05) is 17.8 Å². The summed E-state index contributed by atoms with van der Waals surface area (Å²) >= 11 is 0. The quantitative estimate of drug-likeness (QED) is 0.777. The van der Waals surface area contributed by atoms with Crippen molar-refractivity contribution in [3.8, 4) is 17.2 Å². The molecular formula is C16H15N3O2. The van der Waals surface area contributed by atoms with E-state index in [0.717, 1.165) is 29.1 Å². The Kier molecular flexibility index (Phi) is 3.82. The molecule has 0 spiro atoms. The number of methoxy groups -OCH3 is 1. The van der Waals surface area contributed by atoms with Gasteiger partial charge in [0.1, 0.15) is 5.75 Å². The van der Waals surface area contributed by atoms with Gasteiger partial charge in [-0.3, -0.25) is 0 Å². The monoisotopic (exact) mass is 281 g/mol. The highest BCUT2D eigenvalue weighted by atomic mass is 16.5. The van der Waals surface area contributed by atoms with Crippen LogP contribution in [0.1, 0.15) is 5.56 Å². The second-order valence-corrected chi connectivity index (χ2v) is 4.53. The van der Waals surface area contributed by atoms with Crippen LogP contribution in [0.5, 0.6) is 5.75 Å². The Labute approximate surface area is 122 Å². The summed E-state index contributed by atoms with van der Waals surface area (Å²) in [4.78, 5) is 0. The number of rotatable bonds is 5. The van der Waals surface area contributed by atoms with Crippen molar-refractivity contribution in [1.29, 1.82) is 0 Å². The number of hydrogen-bond acceptors (Lipinski definition) is 5. The predicted octanol–water partition coefficient (Wildman–Crippen LogP) is 3.36. The van der Waals surface area contributed by atoms with Gasteiger partial charge in [0.15, 0.2) is 0 Å². The summed E-state index contributed by atoms with van der Waals surface area (Å²) < 4.78 is 10.4. The molecular weight excluding hydrogens is 266 g/mol. The molecule has 0 unspecified atom stereocenters. The Morgan fingerprint density at radius 2 is 2.00 bits per heavy atom. The van der Waals surface area contributed by atoms with Gasteiger partial charge >= 0.3 is 0 Å². The lowest BCUT2D eigenvalue weighted by Crippen LogP contribution is -1.99. The SMILES string of the molecule is COc1cccc(CNc2ccc(-c3nnco3)cc2)c1. The number of benzene rings is 2. The summed E-state index contributed by atoms with van der Waals surface area (Å²) in [5, 5.41) is 10.9. The maximum Gasteiger partial charge on any atom is 0.247 e. The lowest BCUT2D eigenvalue weighted by Gasteiger charge is -2.08. The highest BCUT2D eigenvalue weighted by Gasteiger charge is 2.03. The number of aromatic nitrogens is 2. The van der Waals surface area contributed by atoms with Crippen molar-refractivity contribution >= 4 is 5.69 Å². The highest BCUT2D eigenvalue weighted by molar-refractivity contribution is 5.58. The average molecular weight is 281 g/mol. The first-order valence-corrected chi connectivity index (χ1v) is 6.58. The lowest BCUT2D eigenvalue weighted by atomic mass is 10.2. The first-order chi connectivity index (χ1) is 10.3. The summed E-state index contributed by atoms with van der Waals surface area (Å²) in [6.45, 7) is 0.733. The molecule has 0 bridgehead atoms. The summed E-state index contributed by atoms with van der Waals surface area (Å²) in [6.07, 6.45) is 1.32. The molecule has 1 aromatic heterocycles. The van der Waals surface area contributed by atoms with Gasteiger partial charge in [-0.25, -0.2) is 0 Å². The zero-order valence-corrected chi connectivity index (χ0v) is 11.6. The number of nitrogens with one attached hydrogen (secondary N) is 1. The summed E-state index contributed by atoms with van der Waals surface area (Å²) in [5.74, 6) is 1.38. The minimum Gasteiger partial charge on any atom is -0.497 e. The summed E-state index contributed by atoms with van der Waals surface area (Å²) in [7, 11) is 1.67. The molecule has 0 aliphatic rings. The maximum atomic E-state index is 5.21. The van der Waals surface area contributed by atoms with Crippen molar-refractivity contribution in [3.63, 3.8) is 0 Å². The minimum absolute atomic E-state index is 0.523. The largest absolute Gasteiger partial charge is 0.497 e. The fourth-order valence-electron chi connectivity index (χ4n) is 2.02. The van der Waals surface area contributed by atoms with Crippen molar-refractivity contribution in [2.24, 2.45) is 0 Å². The Morgan fingerprint density at radius 3 is 2.71 bits per heavy atom. The van der Waals surface area contributed by atoms with Gasteiger partial charge in [0.2, 0.25) is 12.3 Å². The maximum absolute atomic E-state index is 5.21. The Hall–Kier alpha value is -2.82. The molecule has 0 aliphatic carbocycles. The van der Waals surface area contributed by atoms with Crippen LogP contribution in [0.4, 0.5) is 5.69 Å². The third-order valence-electron chi connectivity index (χ3n) is 3.12. The van der Waals surface area contributed by atoms with E-state index >= 15 is 0 Å². The van der Waals surface area contributed by atoms with E-state index in [4.69, 9.17) is 9.15 Å². The van der Waals surface area contributed by atoms with Crippen LogP contribution < -0.4 is 10.1 Å². The van der Waals surface area contributed by atoms with Crippen molar-refractivity contribution in [2.45, 2.75) is 6.54 Å². The molecule has 21 heavy (non-hydrogen) atoms. The predicted molar refractivity (Wildman–Crippen MR) is 80.1 cm³/mol. The number of nitrogens with zero attached hydrogens (tertiary/aromatic N) is 2. The van der Waals surface area contributed by atoms with Crippen LogP contribution in [-0.4, -0.2) is 17.3 Å². The van der Waals surface area contributed by atoms with Gasteiger partial charge in [0.05, 0.1) is 7.11 Å². The summed E-state index contributed by atoms with van der Waals surface area (Å²) in [6, 6.07) is 15.8. The Balaban J connectivity index is 1.65. The van der Waals surface area contributed by atoms with Gasteiger partial charge in [-0.2, -0.15) is 0 Å². The van der Waals surface area contributed by atoms with Gasteiger partial charge in [-0.1, -0.05) is 12.1 Å². The standard InChI is InChI=1S/C16H15N3O2/c1-20-15-4-2-3-12(9-15)10-17-14-7-5-13(6-8-14)16-19-18-11-21-16/h2-9,11,17H,10H2,1H3. The Morgan fingerprint density at radius 1 is 1.14 bits per heavy atom. The van der Waals surface area contributed by atoms with Crippen LogP contribution in [0.3, 0.4) is 0 Å². The molecule has 0 atom stereocenters. The van der Waals surface area contributed by atoms with Gasteiger partial charge in [0.25, 0.3) is 0 Å². The van der Waals surface area contributed by atoms with Crippen LogP contribution in [0.2, 0.25) is 0 Å². The summed E-state index contributed by atoms with van der Waals surface area (Å²) in [5.41, 5.74) is 3.09. The Bertz CT molecular complexity index is 694. The molecule has 0 saturated carbocycles. The van der Waals surface area contributed by atoms with Crippen molar-refractivity contribution in [2.75, 3.05) is 12.4 Å². The number of anilines is 1. The number of ether oxygens (including phenoxy) is 1. The van der Waals surface area contributed by atoms with Crippen LogP contribution in [-0.2, 0) is 6.54 Å². The fourth-order valence-corrected chi connectivity index (χ4v) is 2.02. The third-order valence-corrected chi connectivity index (χ3v) is 3.12. The van der Waals surface area contributed by atoms with E-state index < -0.39 is 0 Å². The molecule has 1 heterocycles. The van der Waals surface area contributed by atoms with Crippen molar-refractivity contribution in [1.82, 2.24) is 10.2 Å². The first kappa shape index (κ1) is 13.2. The smallest absolute Gasteiger partial charge is 0.247 e. The van der Waals surface area contributed by atoms with E-state index in [1.807, 2.05) is 42.5 Å². The second kappa shape index (κ2) is 6.09. The van der Waals surface area contributed by atoms with E-state index in [2.05, 4.69) is 21.6 Å². The molecule has 0 amide bonds. The van der Waals surface area contributed by atoms with E-state index in [0.29, 0.717) is 5.89 Å².